The number of carboxylic acids is 1. The Labute approximate surface area is 112 Å². The zero-order valence-electron chi connectivity index (χ0n) is 10.0. The lowest BCUT2D eigenvalue weighted by Gasteiger charge is -2.20. The van der Waals surface area contributed by atoms with Crippen molar-refractivity contribution in [3.8, 4) is 0 Å². The van der Waals surface area contributed by atoms with Gasteiger partial charge in [0.25, 0.3) is 0 Å². The molecule has 1 aliphatic heterocycles. The third kappa shape index (κ3) is 3.20. The highest BCUT2D eigenvalue weighted by Crippen LogP contribution is 2.16. The maximum absolute atomic E-state index is 10.9. The van der Waals surface area contributed by atoms with Crippen molar-refractivity contribution in [3.63, 3.8) is 0 Å². The predicted molar refractivity (Wildman–Crippen MR) is 73.2 cm³/mol. The van der Waals surface area contributed by atoms with E-state index in [2.05, 4.69) is 5.32 Å². The van der Waals surface area contributed by atoms with Gasteiger partial charge < -0.3 is 15.3 Å². The van der Waals surface area contributed by atoms with Gasteiger partial charge in [-0.15, -0.1) is 0 Å². The Hall–Kier alpha value is -1.62. The fourth-order valence-electron chi connectivity index (χ4n) is 2.03. The topological polar surface area (TPSA) is 52.6 Å². The van der Waals surface area contributed by atoms with Crippen LogP contribution in [0.4, 0.5) is 0 Å². The van der Waals surface area contributed by atoms with Crippen LogP contribution in [0, 0.1) is 5.92 Å². The Morgan fingerprint density at radius 3 is 2.78 bits per heavy atom. The summed E-state index contributed by atoms with van der Waals surface area (Å²) in [4.78, 5) is 12.8. The molecule has 1 saturated heterocycles. The van der Waals surface area contributed by atoms with E-state index in [1.165, 1.54) is 0 Å². The first kappa shape index (κ1) is 12.8. The van der Waals surface area contributed by atoms with Gasteiger partial charge in [0.2, 0.25) is 0 Å². The van der Waals surface area contributed by atoms with Crippen molar-refractivity contribution in [3.05, 3.63) is 35.9 Å². The zero-order valence-corrected chi connectivity index (χ0v) is 10.8. The standard InChI is InChI=1S/C13H16N2O2S/c16-12(17)11-6-7-15(9-11)13(18)14-8-10-4-2-1-3-5-10/h1-5,11H,6-9H2,(H,14,18)(H,16,17). The average molecular weight is 264 g/mol. The normalized spacial score (nSPS) is 18.7. The number of carbonyl (C=O) groups is 1. The molecule has 1 aromatic carbocycles. The van der Waals surface area contributed by atoms with E-state index in [0.717, 1.165) is 12.1 Å². The lowest BCUT2D eigenvalue weighted by atomic mass is 10.1. The number of nitrogens with one attached hydrogen (secondary N) is 1. The fraction of sp³-hybridized carbons (Fsp3) is 0.385. The molecule has 1 unspecified atom stereocenters. The Balaban J connectivity index is 1.81. The molecule has 0 radical (unpaired) electrons. The largest absolute Gasteiger partial charge is 0.481 e. The molecule has 0 aromatic heterocycles. The first-order valence-electron chi connectivity index (χ1n) is 5.96. The summed E-state index contributed by atoms with van der Waals surface area (Å²) in [5.74, 6) is -1.02. The van der Waals surface area contributed by atoms with Crippen molar-refractivity contribution in [1.29, 1.82) is 0 Å². The second kappa shape index (κ2) is 5.82. The smallest absolute Gasteiger partial charge is 0.308 e. The molecule has 96 valence electrons. The molecule has 0 bridgehead atoms. The van der Waals surface area contributed by atoms with Gasteiger partial charge in [-0.2, -0.15) is 0 Å². The summed E-state index contributed by atoms with van der Waals surface area (Å²) in [6.45, 7) is 1.90. The third-order valence-corrected chi connectivity index (χ3v) is 3.51. The molecule has 0 amide bonds. The molecule has 1 atom stereocenters. The molecule has 1 aromatic rings. The Bertz CT molecular complexity index is 436. The third-order valence-electron chi connectivity index (χ3n) is 3.11. The van der Waals surface area contributed by atoms with Gasteiger partial charge in [0, 0.05) is 19.6 Å². The van der Waals surface area contributed by atoms with Crippen LogP contribution in [0.5, 0.6) is 0 Å². The van der Waals surface area contributed by atoms with E-state index in [1.54, 1.807) is 0 Å². The fourth-order valence-corrected chi connectivity index (χ4v) is 2.27. The van der Waals surface area contributed by atoms with E-state index in [1.807, 2.05) is 35.2 Å². The maximum atomic E-state index is 10.9. The lowest BCUT2D eigenvalue weighted by molar-refractivity contribution is -0.141. The van der Waals surface area contributed by atoms with Crippen molar-refractivity contribution in [1.82, 2.24) is 10.2 Å². The highest BCUT2D eigenvalue weighted by atomic mass is 32.1. The van der Waals surface area contributed by atoms with Crippen LogP contribution in [0.15, 0.2) is 30.3 Å². The summed E-state index contributed by atoms with van der Waals surface area (Å²) >= 11 is 5.27. The number of rotatable bonds is 3. The number of carboxylic acid groups (broad SMARTS) is 1. The minimum absolute atomic E-state index is 0.290. The van der Waals surface area contributed by atoms with Gasteiger partial charge in [0.05, 0.1) is 5.92 Å². The number of aliphatic carboxylic acids is 1. The van der Waals surface area contributed by atoms with Crippen molar-refractivity contribution < 1.29 is 9.90 Å². The summed E-state index contributed by atoms with van der Waals surface area (Å²) in [6, 6.07) is 9.99. The number of likely N-dealkylation sites (tertiary alicyclic amines) is 1. The predicted octanol–water partition coefficient (Wildman–Crippen LogP) is 1.47. The average Bonchev–Trinajstić information content (AvgIpc) is 2.87. The maximum Gasteiger partial charge on any atom is 0.308 e. The molecule has 4 nitrogen and oxygen atoms in total. The van der Waals surface area contributed by atoms with Gasteiger partial charge in [0.15, 0.2) is 5.11 Å². The summed E-state index contributed by atoms with van der Waals surface area (Å²) in [5, 5.41) is 12.7. The minimum Gasteiger partial charge on any atom is -0.481 e. The van der Waals surface area contributed by atoms with Gasteiger partial charge >= 0.3 is 5.97 Å². The highest BCUT2D eigenvalue weighted by Gasteiger charge is 2.29. The van der Waals surface area contributed by atoms with Crippen molar-refractivity contribution >= 4 is 23.3 Å². The number of hydrogen-bond acceptors (Lipinski definition) is 2. The molecule has 18 heavy (non-hydrogen) atoms. The van der Waals surface area contributed by atoms with Gasteiger partial charge in [-0.3, -0.25) is 4.79 Å². The van der Waals surface area contributed by atoms with E-state index in [9.17, 15) is 4.79 Å². The summed E-state index contributed by atoms with van der Waals surface area (Å²) in [6.07, 6.45) is 0.669. The monoisotopic (exact) mass is 264 g/mol. The first-order valence-corrected chi connectivity index (χ1v) is 6.37. The Morgan fingerprint density at radius 2 is 2.17 bits per heavy atom. The summed E-state index contributed by atoms with van der Waals surface area (Å²) in [7, 11) is 0. The van der Waals surface area contributed by atoms with Crippen molar-refractivity contribution in [2.24, 2.45) is 5.92 Å². The number of benzene rings is 1. The van der Waals surface area contributed by atoms with Crippen LogP contribution < -0.4 is 5.32 Å². The van der Waals surface area contributed by atoms with Crippen LogP contribution in [-0.2, 0) is 11.3 Å². The summed E-state index contributed by atoms with van der Waals surface area (Å²) in [5.41, 5.74) is 1.16. The molecular formula is C13H16N2O2S. The molecule has 2 N–H and O–H groups in total. The van der Waals surface area contributed by atoms with Crippen LogP contribution in [0.1, 0.15) is 12.0 Å². The number of nitrogens with zero attached hydrogens (tertiary/aromatic N) is 1. The molecule has 1 heterocycles. The van der Waals surface area contributed by atoms with Crippen molar-refractivity contribution in [2.45, 2.75) is 13.0 Å². The molecule has 0 saturated carbocycles. The lowest BCUT2D eigenvalue weighted by Crippen LogP contribution is -2.38. The second-order valence-corrected chi connectivity index (χ2v) is 4.80. The molecule has 2 rings (SSSR count). The second-order valence-electron chi connectivity index (χ2n) is 4.41. The SMILES string of the molecule is O=C(O)C1CCN(C(=S)NCc2ccccc2)C1. The van der Waals surface area contributed by atoms with Crippen molar-refractivity contribution in [2.75, 3.05) is 13.1 Å². The van der Waals surface area contributed by atoms with Gasteiger partial charge in [0.1, 0.15) is 0 Å². The van der Waals surface area contributed by atoms with Crippen LogP contribution in [0.3, 0.4) is 0 Å². The first-order chi connectivity index (χ1) is 8.66. The van der Waals surface area contributed by atoms with Crippen LogP contribution in [0.2, 0.25) is 0 Å². The van der Waals surface area contributed by atoms with Crippen LogP contribution in [0.25, 0.3) is 0 Å². The van der Waals surface area contributed by atoms with E-state index >= 15 is 0 Å². The molecule has 0 aliphatic carbocycles. The van der Waals surface area contributed by atoms with E-state index < -0.39 is 5.97 Å². The highest BCUT2D eigenvalue weighted by molar-refractivity contribution is 7.80. The molecule has 1 fully saturated rings. The number of hydrogen-bond donors (Lipinski definition) is 2. The van der Waals surface area contributed by atoms with E-state index in [-0.39, 0.29) is 5.92 Å². The Morgan fingerprint density at radius 1 is 1.44 bits per heavy atom. The van der Waals surface area contributed by atoms with E-state index in [0.29, 0.717) is 24.6 Å². The van der Waals surface area contributed by atoms with Gasteiger partial charge in [-0.05, 0) is 24.2 Å². The molecule has 1 aliphatic rings. The van der Waals surface area contributed by atoms with Gasteiger partial charge in [-0.1, -0.05) is 30.3 Å². The Kier molecular flexibility index (Phi) is 4.15. The summed E-state index contributed by atoms with van der Waals surface area (Å²) < 4.78 is 0. The zero-order chi connectivity index (χ0) is 13.0. The van der Waals surface area contributed by atoms with Crippen LogP contribution in [-0.4, -0.2) is 34.2 Å². The van der Waals surface area contributed by atoms with Gasteiger partial charge in [-0.25, -0.2) is 0 Å². The quantitative estimate of drug-likeness (QED) is 0.810. The molecular weight excluding hydrogens is 248 g/mol. The van der Waals surface area contributed by atoms with Crippen LogP contribution >= 0.6 is 12.2 Å². The number of thiocarbonyl (C=S) groups is 1. The molecule has 5 heteroatoms. The van der Waals surface area contributed by atoms with E-state index in [4.69, 9.17) is 17.3 Å². The molecule has 0 spiro atoms. The minimum atomic E-state index is -0.733.